The maximum atomic E-state index is 13.3. The second-order valence-corrected chi connectivity index (χ2v) is 10.1. The molecule has 34 heavy (non-hydrogen) atoms. The Balaban J connectivity index is 1.30. The number of rotatable bonds is 3. The number of ketones is 1. The summed E-state index contributed by atoms with van der Waals surface area (Å²) in [5, 5.41) is 0.699. The quantitative estimate of drug-likeness (QED) is 0.570. The van der Waals surface area contributed by atoms with Crippen molar-refractivity contribution < 1.29 is 9.59 Å². The van der Waals surface area contributed by atoms with Gasteiger partial charge >= 0.3 is 6.03 Å². The predicted molar refractivity (Wildman–Crippen MR) is 131 cm³/mol. The van der Waals surface area contributed by atoms with E-state index in [2.05, 4.69) is 15.5 Å². The molecule has 2 amide bonds. The maximum absolute atomic E-state index is 13.3. The summed E-state index contributed by atoms with van der Waals surface area (Å²) < 4.78 is 2.15. The van der Waals surface area contributed by atoms with E-state index >= 15 is 0 Å². The molecule has 176 valence electrons. The molecule has 5 heterocycles. The number of nitrogens with zero attached hydrogens (tertiary/aromatic N) is 5. The number of hydrogen-bond donors (Lipinski definition) is 0. The summed E-state index contributed by atoms with van der Waals surface area (Å²) in [5.74, 6) is 0.275. The van der Waals surface area contributed by atoms with Gasteiger partial charge < -0.3 is 14.2 Å². The van der Waals surface area contributed by atoms with Crippen LogP contribution >= 0.6 is 11.6 Å². The molecule has 2 unspecified atom stereocenters. The largest absolute Gasteiger partial charge is 0.325 e. The molecule has 3 aromatic rings. The molecule has 0 aliphatic carbocycles. The van der Waals surface area contributed by atoms with E-state index in [0.717, 1.165) is 48.5 Å². The van der Waals surface area contributed by atoms with E-state index in [4.69, 9.17) is 16.6 Å². The molecule has 6 rings (SSSR count). The number of amides is 2. The van der Waals surface area contributed by atoms with Crippen LogP contribution in [0, 0.1) is 0 Å². The summed E-state index contributed by atoms with van der Waals surface area (Å²) in [4.78, 5) is 37.0. The molecule has 3 aliphatic rings. The van der Waals surface area contributed by atoms with Crippen molar-refractivity contribution in [2.45, 2.75) is 44.3 Å². The minimum Gasteiger partial charge on any atom is -0.325 e. The first-order chi connectivity index (χ1) is 16.6. The third-order valence-electron chi connectivity index (χ3n) is 7.37. The normalized spacial score (nSPS) is 23.1. The van der Waals surface area contributed by atoms with Gasteiger partial charge in [-0.2, -0.15) is 0 Å². The minimum atomic E-state index is -0.0636. The number of fused-ring (bicyclic) bond motifs is 3. The van der Waals surface area contributed by atoms with Crippen LogP contribution in [0.4, 0.5) is 4.79 Å². The van der Waals surface area contributed by atoms with Crippen LogP contribution in [-0.2, 0) is 11.3 Å². The van der Waals surface area contributed by atoms with Gasteiger partial charge in [0.25, 0.3) is 0 Å². The number of carbonyl (C=O) groups is 2. The average Bonchev–Trinajstić information content (AvgIpc) is 3.48. The third-order valence-corrected chi connectivity index (χ3v) is 7.62. The summed E-state index contributed by atoms with van der Waals surface area (Å²) in [7, 11) is 0. The van der Waals surface area contributed by atoms with Crippen LogP contribution in [0.5, 0.6) is 0 Å². The van der Waals surface area contributed by atoms with Crippen molar-refractivity contribution in [3.63, 3.8) is 0 Å². The van der Waals surface area contributed by atoms with Crippen LogP contribution in [0.1, 0.15) is 31.4 Å². The van der Waals surface area contributed by atoms with Crippen molar-refractivity contribution in [3.8, 4) is 11.3 Å². The van der Waals surface area contributed by atoms with Crippen LogP contribution in [-0.4, -0.2) is 74.2 Å². The molecular weight excluding hydrogens is 450 g/mol. The van der Waals surface area contributed by atoms with Crippen molar-refractivity contribution in [3.05, 3.63) is 59.4 Å². The Morgan fingerprint density at radius 2 is 1.71 bits per heavy atom. The molecule has 0 spiro atoms. The summed E-state index contributed by atoms with van der Waals surface area (Å²) in [6.07, 6.45) is 5.09. The molecule has 8 heteroatoms. The lowest BCUT2D eigenvalue weighted by Gasteiger charge is -2.50. The maximum Gasteiger partial charge on any atom is 0.320 e. The van der Waals surface area contributed by atoms with Gasteiger partial charge in [0.1, 0.15) is 11.4 Å². The van der Waals surface area contributed by atoms with E-state index in [1.54, 1.807) is 0 Å². The lowest BCUT2D eigenvalue weighted by atomic mass is 9.90. The topological polar surface area (TPSA) is 61.2 Å². The van der Waals surface area contributed by atoms with Gasteiger partial charge in [0.15, 0.2) is 0 Å². The number of Topliss-reactive ketones (excluding diaryl/α,β-unsaturated/α-hetero) is 1. The van der Waals surface area contributed by atoms with E-state index in [1.807, 2.05) is 52.3 Å². The zero-order valence-electron chi connectivity index (χ0n) is 19.1. The molecule has 7 nitrogen and oxygen atoms in total. The molecular formula is C26H28ClN5O2. The smallest absolute Gasteiger partial charge is 0.320 e. The van der Waals surface area contributed by atoms with Gasteiger partial charge in [-0.15, -0.1) is 0 Å². The Hall–Kier alpha value is -2.90. The number of urea groups is 1. The van der Waals surface area contributed by atoms with Crippen molar-refractivity contribution in [1.82, 2.24) is 24.1 Å². The average molecular weight is 478 g/mol. The first-order valence-electron chi connectivity index (χ1n) is 12.1. The monoisotopic (exact) mass is 477 g/mol. The van der Waals surface area contributed by atoms with E-state index in [1.165, 1.54) is 0 Å². The Labute approximate surface area is 203 Å². The summed E-state index contributed by atoms with van der Waals surface area (Å²) in [6, 6.07) is 13.8. The zero-order valence-corrected chi connectivity index (χ0v) is 19.8. The first kappa shape index (κ1) is 21.6. The molecule has 2 aromatic heterocycles. The fourth-order valence-corrected chi connectivity index (χ4v) is 5.97. The number of pyridine rings is 1. The number of likely N-dealkylation sites (tertiary alicyclic amines) is 2. The van der Waals surface area contributed by atoms with Crippen LogP contribution in [0.25, 0.3) is 16.9 Å². The van der Waals surface area contributed by atoms with Gasteiger partial charge in [-0.25, -0.2) is 9.78 Å². The van der Waals surface area contributed by atoms with E-state index in [0.29, 0.717) is 37.5 Å². The molecule has 0 saturated carbocycles. The third kappa shape index (κ3) is 3.87. The molecule has 0 radical (unpaired) electrons. The standard InChI is InChI=1S/C26H28ClN5O2/c27-19-8-6-18(7-9-19)25-23(31-12-2-1-5-24(31)28-25)17-29-15-20-13-22(33)14-21(16-29)32(20)26(34)30-10-3-4-11-30/h1-2,5-9,12,20-21H,3-4,10-11,13-17H2. The first-order valence-corrected chi connectivity index (χ1v) is 12.5. The van der Waals surface area contributed by atoms with Crippen molar-refractivity contribution in [2.24, 2.45) is 0 Å². The van der Waals surface area contributed by atoms with E-state index < -0.39 is 0 Å². The van der Waals surface area contributed by atoms with Crippen molar-refractivity contribution in [2.75, 3.05) is 26.2 Å². The summed E-state index contributed by atoms with van der Waals surface area (Å²) in [5.41, 5.74) is 3.99. The summed E-state index contributed by atoms with van der Waals surface area (Å²) in [6.45, 7) is 3.76. The number of piperidine rings is 1. The van der Waals surface area contributed by atoms with Gasteiger partial charge in [-0.05, 0) is 37.1 Å². The lowest BCUT2D eigenvalue weighted by Crippen LogP contribution is -2.65. The Morgan fingerprint density at radius 3 is 2.41 bits per heavy atom. The van der Waals surface area contributed by atoms with Crippen LogP contribution in [0.2, 0.25) is 5.02 Å². The van der Waals surface area contributed by atoms with Gasteiger partial charge in [0, 0.05) is 62.3 Å². The molecule has 2 atom stereocenters. The second-order valence-electron chi connectivity index (χ2n) is 9.68. The van der Waals surface area contributed by atoms with Gasteiger partial charge in [0.05, 0.1) is 23.5 Å². The number of piperazine rings is 1. The van der Waals surface area contributed by atoms with Gasteiger partial charge in [-0.1, -0.05) is 29.8 Å². The highest BCUT2D eigenvalue weighted by Crippen LogP contribution is 2.32. The lowest BCUT2D eigenvalue weighted by molar-refractivity contribution is -0.127. The number of hydrogen-bond acceptors (Lipinski definition) is 4. The summed E-state index contributed by atoms with van der Waals surface area (Å²) >= 11 is 6.13. The number of aromatic nitrogens is 2. The molecule has 3 saturated heterocycles. The Morgan fingerprint density at radius 1 is 1.00 bits per heavy atom. The highest BCUT2D eigenvalue weighted by molar-refractivity contribution is 6.30. The van der Waals surface area contributed by atoms with E-state index in [-0.39, 0.29) is 23.9 Å². The van der Waals surface area contributed by atoms with Gasteiger partial charge in [-0.3, -0.25) is 9.69 Å². The molecule has 0 N–H and O–H groups in total. The fraction of sp³-hybridized carbons (Fsp3) is 0.423. The minimum absolute atomic E-state index is 0.0636. The molecule has 1 aromatic carbocycles. The number of carbonyl (C=O) groups excluding carboxylic acids is 2. The fourth-order valence-electron chi connectivity index (χ4n) is 5.84. The Bertz CT molecular complexity index is 1220. The van der Waals surface area contributed by atoms with Crippen LogP contribution < -0.4 is 0 Å². The van der Waals surface area contributed by atoms with E-state index in [9.17, 15) is 9.59 Å². The van der Waals surface area contributed by atoms with Crippen LogP contribution in [0.15, 0.2) is 48.7 Å². The highest BCUT2D eigenvalue weighted by atomic mass is 35.5. The molecule has 3 fully saturated rings. The number of halogens is 1. The predicted octanol–water partition coefficient (Wildman–Crippen LogP) is 4.09. The van der Waals surface area contributed by atoms with Crippen molar-refractivity contribution in [1.29, 1.82) is 0 Å². The number of benzene rings is 1. The second kappa shape index (κ2) is 8.71. The van der Waals surface area contributed by atoms with Crippen LogP contribution in [0.3, 0.4) is 0 Å². The zero-order chi connectivity index (χ0) is 23.2. The van der Waals surface area contributed by atoms with Crippen molar-refractivity contribution >= 4 is 29.1 Å². The number of imidazole rings is 1. The highest BCUT2D eigenvalue weighted by Gasteiger charge is 2.44. The van der Waals surface area contributed by atoms with Gasteiger partial charge in [0.2, 0.25) is 0 Å². The SMILES string of the molecule is O=C1CC2CN(Cc3c(-c4ccc(Cl)cc4)nc4ccccn34)CC(C1)N2C(=O)N1CCCC1. The molecule has 3 aliphatic heterocycles. The Kier molecular flexibility index (Phi) is 5.54. The molecule has 2 bridgehead atoms.